The highest BCUT2D eigenvalue weighted by molar-refractivity contribution is 6.31. The van der Waals surface area contributed by atoms with Crippen molar-refractivity contribution >= 4 is 23.5 Å². The maximum Gasteiger partial charge on any atom is 0.329 e. The zero-order valence-corrected chi connectivity index (χ0v) is 22.6. The molecule has 0 spiro atoms. The Balaban J connectivity index is 1.94. The molecule has 1 fully saturated rings. The molecule has 0 bridgehead atoms. The van der Waals surface area contributed by atoms with Gasteiger partial charge in [-0.25, -0.2) is 4.79 Å². The van der Waals surface area contributed by atoms with Crippen molar-refractivity contribution in [2.24, 2.45) is 5.92 Å². The lowest BCUT2D eigenvalue weighted by molar-refractivity contribution is -0.150. The van der Waals surface area contributed by atoms with E-state index in [0.717, 1.165) is 5.56 Å². The summed E-state index contributed by atoms with van der Waals surface area (Å²) in [4.78, 5) is 42.3. The van der Waals surface area contributed by atoms with Crippen LogP contribution in [0, 0.1) is 5.92 Å². The molecule has 194 valence electrons. The Hall–Kier alpha value is -3.32. The topological polar surface area (TPSA) is 96.3 Å². The Labute approximate surface area is 222 Å². The van der Waals surface area contributed by atoms with Crippen LogP contribution in [0.5, 0.6) is 0 Å². The number of rotatable bonds is 6. The average Bonchev–Trinajstić information content (AvgIpc) is 3.19. The minimum atomic E-state index is -1.47. The maximum atomic E-state index is 14.4. The smallest absolute Gasteiger partial charge is 0.329 e. The van der Waals surface area contributed by atoms with Gasteiger partial charge in [-0.05, 0) is 54.0 Å². The molecule has 0 unspecified atom stereocenters. The highest BCUT2D eigenvalue weighted by Gasteiger charge is 2.60. The lowest BCUT2D eigenvalue weighted by Gasteiger charge is -2.39. The lowest BCUT2D eigenvalue weighted by Crippen LogP contribution is -2.54. The molecule has 3 atom stereocenters. The van der Waals surface area contributed by atoms with Crippen molar-refractivity contribution in [2.45, 2.75) is 70.4 Å². The molecule has 1 aliphatic heterocycles. The third-order valence-electron chi connectivity index (χ3n) is 7.02. The van der Waals surface area contributed by atoms with Gasteiger partial charge < -0.3 is 10.0 Å². The van der Waals surface area contributed by atoms with Crippen molar-refractivity contribution in [3.05, 3.63) is 88.7 Å². The molecule has 3 aromatic rings. The summed E-state index contributed by atoms with van der Waals surface area (Å²) < 4.78 is 0. The van der Waals surface area contributed by atoms with Gasteiger partial charge in [0.2, 0.25) is 0 Å². The molecule has 1 saturated heterocycles. The van der Waals surface area contributed by atoms with E-state index in [1.165, 1.54) is 4.90 Å². The van der Waals surface area contributed by atoms with Crippen molar-refractivity contribution in [3.63, 3.8) is 0 Å². The normalized spacial score (nSPS) is 21.9. The largest absolute Gasteiger partial charge is 0.479 e. The molecule has 8 heteroatoms. The Morgan fingerprint density at radius 3 is 2.38 bits per heavy atom. The Morgan fingerprint density at radius 2 is 1.84 bits per heavy atom. The molecule has 0 aliphatic carbocycles. The molecule has 0 radical (unpaired) electrons. The minimum Gasteiger partial charge on any atom is -0.479 e. The summed E-state index contributed by atoms with van der Waals surface area (Å²) in [5.74, 6) is -1.83. The van der Waals surface area contributed by atoms with Crippen molar-refractivity contribution in [1.82, 2.24) is 19.9 Å². The van der Waals surface area contributed by atoms with Gasteiger partial charge in [0.25, 0.3) is 5.91 Å². The zero-order chi connectivity index (χ0) is 27.0. The van der Waals surface area contributed by atoms with Crippen molar-refractivity contribution in [3.8, 4) is 0 Å². The summed E-state index contributed by atoms with van der Waals surface area (Å²) >= 11 is 6.64. The van der Waals surface area contributed by atoms with Gasteiger partial charge in [0.15, 0.2) is 0 Å². The molecule has 1 N–H and O–H groups in total. The van der Waals surface area contributed by atoms with E-state index in [9.17, 15) is 14.7 Å². The zero-order valence-electron chi connectivity index (χ0n) is 21.9. The standard InChI is InChI=1S/C29H33ClN4O3/c1-18(2)15-29(27(36)37)16-20(24-17-31-12-13-33-24)25(23-8-6-7-11-32-23)34(29)26(35)19-9-10-21(22(30)14-19)28(3,4)5/h6-14,17-18,20,25H,15-16H2,1-5H3,(H,36,37)/t20-,25-,29+/m1/s1. The van der Waals surface area contributed by atoms with E-state index >= 15 is 0 Å². The van der Waals surface area contributed by atoms with E-state index in [-0.39, 0.29) is 24.2 Å². The number of likely N-dealkylation sites (tertiary alicyclic amines) is 1. The summed E-state index contributed by atoms with van der Waals surface area (Å²) in [5, 5.41) is 11.2. The van der Waals surface area contributed by atoms with Crippen LogP contribution in [0.15, 0.2) is 61.2 Å². The monoisotopic (exact) mass is 520 g/mol. The molecule has 0 saturated carbocycles. The Kier molecular flexibility index (Phi) is 7.38. The fraction of sp³-hybridized carbons (Fsp3) is 0.414. The van der Waals surface area contributed by atoms with E-state index in [2.05, 4.69) is 35.7 Å². The van der Waals surface area contributed by atoms with E-state index in [1.807, 2.05) is 32.0 Å². The van der Waals surface area contributed by atoms with E-state index in [4.69, 9.17) is 11.6 Å². The van der Waals surface area contributed by atoms with Gasteiger partial charge in [-0.1, -0.05) is 58.4 Å². The van der Waals surface area contributed by atoms with E-state index in [1.54, 1.807) is 43.0 Å². The average molecular weight is 521 g/mol. The molecule has 2 aromatic heterocycles. The second kappa shape index (κ2) is 10.2. The molecule has 4 rings (SSSR count). The number of hydrogen-bond donors (Lipinski definition) is 1. The molecule has 1 amide bonds. The maximum absolute atomic E-state index is 14.4. The fourth-order valence-corrected chi connectivity index (χ4v) is 5.99. The first kappa shape index (κ1) is 26.7. The number of benzene rings is 1. The Bertz CT molecular complexity index is 1280. The first-order valence-electron chi connectivity index (χ1n) is 12.5. The van der Waals surface area contributed by atoms with Gasteiger partial charge >= 0.3 is 5.97 Å². The lowest BCUT2D eigenvalue weighted by atomic mass is 9.82. The second-order valence-electron chi connectivity index (χ2n) is 11.2. The van der Waals surface area contributed by atoms with Crippen molar-refractivity contribution in [2.75, 3.05) is 0 Å². The molecular weight excluding hydrogens is 488 g/mol. The number of halogens is 1. The number of hydrogen-bond acceptors (Lipinski definition) is 5. The van der Waals surface area contributed by atoms with E-state index in [0.29, 0.717) is 22.0 Å². The number of carboxylic acids is 1. The van der Waals surface area contributed by atoms with Crippen LogP contribution >= 0.6 is 11.6 Å². The molecule has 3 heterocycles. The summed E-state index contributed by atoms with van der Waals surface area (Å²) in [7, 11) is 0. The van der Waals surface area contributed by atoms with Gasteiger partial charge in [-0.3, -0.25) is 19.7 Å². The predicted octanol–water partition coefficient (Wildman–Crippen LogP) is 6.06. The van der Waals surface area contributed by atoms with E-state index < -0.39 is 29.4 Å². The number of aliphatic carboxylic acids is 1. The first-order valence-corrected chi connectivity index (χ1v) is 12.9. The van der Waals surface area contributed by atoms with Crippen LogP contribution in [0.1, 0.15) is 86.7 Å². The van der Waals surface area contributed by atoms with Crippen LogP contribution in [0.25, 0.3) is 0 Å². The molecule has 7 nitrogen and oxygen atoms in total. The summed E-state index contributed by atoms with van der Waals surface area (Å²) in [6.07, 6.45) is 6.94. The number of amides is 1. The number of carbonyl (C=O) groups excluding carboxylic acids is 1. The Morgan fingerprint density at radius 1 is 1.11 bits per heavy atom. The van der Waals surface area contributed by atoms with Crippen molar-refractivity contribution in [1.29, 1.82) is 0 Å². The summed E-state index contributed by atoms with van der Waals surface area (Å²) in [6, 6.07) is 10.1. The van der Waals surface area contributed by atoms with Gasteiger partial charge in [0, 0.05) is 41.3 Å². The summed E-state index contributed by atoms with van der Waals surface area (Å²) in [5.41, 5.74) is 0.818. The predicted molar refractivity (Wildman–Crippen MR) is 143 cm³/mol. The number of carbonyl (C=O) groups is 2. The quantitative estimate of drug-likeness (QED) is 0.424. The third-order valence-corrected chi connectivity index (χ3v) is 7.33. The van der Waals surface area contributed by atoms with Crippen LogP contribution in [-0.2, 0) is 10.2 Å². The number of nitrogens with zero attached hydrogens (tertiary/aromatic N) is 4. The van der Waals surface area contributed by atoms with Gasteiger partial charge in [-0.15, -0.1) is 0 Å². The second-order valence-corrected chi connectivity index (χ2v) is 11.6. The minimum absolute atomic E-state index is 0.0169. The third kappa shape index (κ3) is 5.10. The van der Waals surface area contributed by atoms with Crippen LogP contribution in [0.2, 0.25) is 5.02 Å². The highest BCUT2D eigenvalue weighted by Crippen LogP contribution is 2.53. The van der Waals surface area contributed by atoms with Gasteiger partial charge in [-0.2, -0.15) is 0 Å². The van der Waals surface area contributed by atoms with Crippen LogP contribution < -0.4 is 0 Å². The number of carboxylic acid groups (broad SMARTS) is 1. The fourth-order valence-electron chi connectivity index (χ4n) is 5.53. The highest BCUT2D eigenvalue weighted by atomic mass is 35.5. The molecule has 37 heavy (non-hydrogen) atoms. The van der Waals surface area contributed by atoms with Gasteiger partial charge in [0.1, 0.15) is 5.54 Å². The van der Waals surface area contributed by atoms with Gasteiger partial charge in [0.05, 0.1) is 17.4 Å². The molecule has 1 aromatic carbocycles. The van der Waals surface area contributed by atoms with Crippen LogP contribution in [0.4, 0.5) is 0 Å². The number of aromatic nitrogens is 3. The van der Waals surface area contributed by atoms with Crippen LogP contribution in [-0.4, -0.2) is 42.4 Å². The number of pyridine rings is 1. The van der Waals surface area contributed by atoms with Crippen LogP contribution in [0.3, 0.4) is 0 Å². The molecule has 1 aliphatic rings. The SMILES string of the molecule is CC(C)C[C@@]1(C(=O)O)C[C@H](c2cnccn2)[C@H](c2ccccn2)N1C(=O)c1ccc(C(C)(C)C)c(Cl)c1. The van der Waals surface area contributed by atoms with Crippen molar-refractivity contribution < 1.29 is 14.7 Å². The summed E-state index contributed by atoms with van der Waals surface area (Å²) in [6.45, 7) is 10.1. The first-order chi connectivity index (χ1) is 17.5. The molecular formula is C29H33ClN4O3.